The predicted octanol–water partition coefficient (Wildman–Crippen LogP) is 2.20. The van der Waals surface area contributed by atoms with E-state index >= 15 is 0 Å². The van der Waals surface area contributed by atoms with Gasteiger partial charge in [0.15, 0.2) is 0 Å². The Balaban J connectivity index is 1.88. The number of aromatic nitrogens is 2. The van der Waals surface area contributed by atoms with Gasteiger partial charge in [0, 0.05) is 31.7 Å². The van der Waals surface area contributed by atoms with Crippen LogP contribution in [0.3, 0.4) is 0 Å². The number of benzene rings is 1. The molecule has 3 rings (SSSR count). The predicted molar refractivity (Wildman–Crippen MR) is 78.3 cm³/mol. The van der Waals surface area contributed by atoms with Crippen LogP contribution < -0.4 is 10.2 Å². The first-order valence-electron chi connectivity index (χ1n) is 7.04. The summed E-state index contributed by atoms with van der Waals surface area (Å²) in [7, 11) is 0. The molecule has 1 saturated heterocycles. The Morgan fingerprint density at radius 2 is 2.20 bits per heavy atom. The third-order valence-corrected chi connectivity index (χ3v) is 3.83. The number of halogens is 1. The second-order valence-corrected chi connectivity index (χ2v) is 5.61. The number of hydrogen-bond donors (Lipinski definition) is 1. The van der Waals surface area contributed by atoms with Gasteiger partial charge in [-0.15, -0.1) is 0 Å². The summed E-state index contributed by atoms with van der Waals surface area (Å²) in [5.74, 6) is 1.18. The van der Waals surface area contributed by atoms with Gasteiger partial charge in [-0.1, -0.05) is 13.8 Å². The van der Waals surface area contributed by atoms with E-state index in [1.807, 2.05) is 0 Å². The van der Waals surface area contributed by atoms with Crippen LogP contribution in [0.5, 0.6) is 0 Å². The molecule has 0 bridgehead atoms. The van der Waals surface area contributed by atoms with Crippen molar-refractivity contribution in [2.24, 2.45) is 5.92 Å². The van der Waals surface area contributed by atoms with Crippen molar-refractivity contribution in [1.82, 2.24) is 15.3 Å². The van der Waals surface area contributed by atoms with Crippen molar-refractivity contribution in [3.63, 3.8) is 0 Å². The van der Waals surface area contributed by atoms with Gasteiger partial charge >= 0.3 is 0 Å². The summed E-state index contributed by atoms with van der Waals surface area (Å²) in [5.41, 5.74) is 1.34. The summed E-state index contributed by atoms with van der Waals surface area (Å²) in [6.07, 6.45) is 1.74. The summed E-state index contributed by atoms with van der Waals surface area (Å²) in [6.45, 7) is 7.24. The van der Waals surface area contributed by atoms with Gasteiger partial charge in [-0.2, -0.15) is 0 Å². The topological polar surface area (TPSA) is 41.1 Å². The molecule has 1 aromatic heterocycles. The fourth-order valence-corrected chi connectivity index (χ4v) is 2.56. The van der Waals surface area contributed by atoms with Crippen molar-refractivity contribution in [3.8, 4) is 0 Å². The minimum absolute atomic E-state index is 0.276. The fraction of sp³-hybridized carbons (Fsp3) is 0.467. The molecule has 1 fully saturated rings. The van der Waals surface area contributed by atoms with Gasteiger partial charge in [-0.25, -0.2) is 9.37 Å². The Bertz CT molecular complexity index is 614. The van der Waals surface area contributed by atoms with E-state index in [0.29, 0.717) is 17.5 Å². The number of hydrogen-bond acceptors (Lipinski definition) is 4. The van der Waals surface area contributed by atoms with Crippen molar-refractivity contribution in [3.05, 3.63) is 30.2 Å². The summed E-state index contributed by atoms with van der Waals surface area (Å²) in [5, 5.41) is 3.52. The van der Waals surface area contributed by atoms with Crippen LogP contribution in [-0.2, 0) is 0 Å². The van der Waals surface area contributed by atoms with Crippen LogP contribution >= 0.6 is 0 Å². The minimum atomic E-state index is -0.276. The molecule has 2 aromatic rings. The zero-order valence-electron chi connectivity index (χ0n) is 11.8. The molecular formula is C15H19FN4. The largest absolute Gasteiger partial charge is 0.352 e. The highest BCUT2D eigenvalue weighted by Crippen LogP contribution is 2.19. The first-order valence-corrected chi connectivity index (χ1v) is 7.04. The summed E-state index contributed by atoms with van der Waals surface area (Å²) in [6, 6.07) is 4.99. The van der Waals surface area contributed by atoms with E-state index in [0.717, 1.165) is 31.0 Å². The molecule has 1 aliphatic rings. The molecule has 106 valence electrons. The van der Waals surface area contributed by atoms with Crippen LogP contribution in [-0.4, -0.2) is 35.6 Å². The molecule has 4 nitrogen and oxygen atoms in total. The Morgan fingerprint density at radius 3 is 3.00 bits per heavy atom. The number of rotatable bonds is 2. The van der Waals surface area contributed by atoms with Gasteiger partial charge in [-0.05, 0) is 18.1 Å². The lowest BCUT2D eigenvalue weighted by Crippen LogP contribution is -2.53. The van der Waals surface area contributed by atoms with Crippen LogP contribution in [0, 0.1) is 11.7 Å². The molecule has 0 radical (unpaired) electrons. The second kappa shape index (κ2) is 5.32. The molecule has 0 saturated carbocycles. The van der Waals surface area contributed by atoms with E-state index in [1.54, 1.807) is 12.3 Å². The molecule has 1 aliphatic heterocycles. The Kier molecular flexibility index (Phi) is 3.53. The molecule has 0 spiro atoms. The molecule has 1 unspecified atom stereocenters. The number of nitrogens with one attached hydrogen (secondary N) is 1. The molecule has 2 heterocycles. The van der Waals surface area contributed by atoms with E-state index in [1.165, 1.54) is 12.1 Å². The standard InChI is InChI=1S/C15H19FN4/c1-10(2)14-9-20(6-5-17-14)15-8-18-13-7-11(16)3-4-12(13)19-15/h3-4,7-8,10,14,17H,5-6,9H2,1-2H3. The third kappa shape index (κ3) is 2.58. The first-order chi connectivity index (χ1) is 9.63. The van der Waals surface area contributed by atoms with Crippen molar-refractivity contribution < 1.29 is 4.39 Å². The molecule has 20 heavy (non-hydrogen) atoms. The fourth-order valence-electron chi connectivity index (χ4n) is 2.56. The van der Waals surface area contributed by atoms with Crippen LogP contribution in [0.15, 0.2) is 24.4 Å². The third-order valence-electron chi connectivity index (χ3n) is 3.83. The summed E-state index contributed by atoms with van der Waals surface area (Å²) < 4.78 is 13.1. The zero-order chi connectivity index (χ0) is 14.1. The lowest BCUT2D eigenvalue weighted by Gasteiger charge is -2.36. The molecule has 0 aliphatic carbocycles. The highest BCUT2D eigenvalue weighted by Gasteiger charge is 2.22. The van der Waals surface area contributed by atoms with Crippen molar-refractivity contribution in [2.45, 2.75) is 19.9 Å². The lowest BCUT2D eigenvalue weighted by atomic mass is 10.0. The minimum Gasteiger partial charge on any atom is -0.352 e. The average molecular weight is 274 g/mol. The molecular weight excluding hydrogens is 255 g/mol. The van der Waals surface area contributed by atoms with Gasteiger partial charge in [0.05, 0.1) is 17.2 Å². The maximum Gasteiger partial charge on any atom is 0.147 e. The van der Waals surface area contributed by atoms with Gasteiger partial charge < -0.3 is 10.2 Å². The molecule has 1 N–H and O–H groups in total. The molecule has 5 heteroatoms. The quantitative estimate of drug-likeness (QED) is 0.911. The van der Waals surface area contributed by atoms with Crippen molar-refractivity contribution >= 4 is 16.9 Å². The van der Waals surface area contributed by atoms with Gasteiger partial charge in [0.1, 0.15) is 11.6 Å². The first kappa shape index (κ1) is 13.2. The van der Waals surface area contributed by atoms with Gasteiger partial charge in [-0.3, -0.25) is 4.98 Å². The van der Waals surface area contributed by atoms with E-state index in [9.17, 15) is 4.39 Å². The van der Waals surface area contributed by atoms with E-state index in [2.05, 4.69) is 34.0 Å². The van der Waals surface area contributed by atoms with Crippen molar-refractivity contribution in [1.29, 1.82) is 0 Å². The van der Waals surface area contributed by atoms with Gasteiger partial charge in [0.2, 0.25) is 0 Å². The smallest absolute Gasteiger partial charge is 0.147 e. The SMILES string of the molecule is CC(C)C1CN(c2cnc3cc(F)ccc3n2)CCN1. The molecule has 0 amide bonds. The number of anilines is 1. The Hall–Kier alpha value is -1.75. The maximum absolute atomic E-state index is 13.1. The van der Waals surface area contributed by atoms with E-state index in [-0.39, 0.29) is 5.82 Å². The monoisotopic (exact) mass is 274 g/mol. The number of piperazine rings is 1. The van der Waals surface area contributed by atoms with Crippen LogP contribution in [0.4, 0.5) is 10.2 Å². The number of nitrogens with zero attached hydrogens (tertiary/aromatic N) is 3. The maximum atomic E-state index is 13.1. The molecule has 1 atom stereocenters. The van der Waals surface area contributed by atoms with E-state index in [4.69, 9.17) is 0 Å². The van der Waals surface area contributed by atoms with E-state index < -0.39 is 0 Å². The molecule has 1 aromatic carbocycles. The second-order valence-electron chi connectivity index (χ2n) is 5.61. The highest BCUT2D eigenvalue weighted by molar-refractivity contribution is 5.75. The zero-order valence-corrected chi connectivity index (χ0v) is 11.8. The van der Waals surface area contributed by atoms with Crippen molar-refractivity contribution in [2.75, 3.05) is 24.5 Å². The highest BCUT2D eigenvalue weighted by atomic mass is 19.1. The van der Waals surface area contributed by atoms with Crippen LogP contribution in [0.25, 0.3) is 11.0 Å². The van der Waals surface area contributed by atoms with Gasteiger partial charge in [0.25, 0.3) is 0 Å². The lowest BCUT2D eigenvalue weighted by molar-refractivity contribution is 0.367. The Morgan fingerprint density at radius 1 is 1.35 bits per heavy atom. The Labute approximate surface area is 118 Å². The summed E-state index contributed by atoms with van der Waals surface area (Å²) in [4.78, 5) is 11.2. The van der Waals surface area contributed by atoms with Crippen LogP contribution in [0.2, 0.25) is 0 Å². The normalized spacial score (nSPS) is 19.8. The number of fused-ring (bicyclic) bond motifs is 1. The van der Waals surface area contributed by atoms with Crippen LogP contribution in [0.1, 0.15) is 13.8 Å². The average Bonchev–Trinajstić information content (AvgIpc) is 2.47. The summed E-state index contributed by atoms with van der Waals surface area (Å²) >= 11 is 0.